The average Bonchev–Trinajstić information content (AvgIpc) is 2.41. The van der Waals surface area contributed by atoms with Crippen molar-refractivity contribution in [3.05, 3.63) is 53.8 Å². The number of benzene rings is 2. The Labute approximate surface area is 113 Å². The first-order valence-corrected chi connectivity index (χ1v) is 5.61. The summed E-state index contributed by atoms with van der Waals surface area (Å²) in [6.45, 7) is -2.97. The van der Waals surface area contributed by atoms with E-state index in [1.807, 2.05) is 0 Å². The van der Waals surface area contributed by atoms with Crippen molar-refractivity contribution in [2.24, 2.45) is 0 Å². The molecule has 0 amide bonds. The van der Waals surface area contributed by atoms with Gasteiger partial charge in [-0.15, -0.1) is 0 Å². The second-order valence-electron chi connectivity index (χ2n) is 3.77. The number of ether oxygens (including phenoxy) is 1. The van der Waals surface area contributed by atoms with Gasteiger partial charge in [-0.2, -0.15) is 14.0 Å². The Balaban J connectivity index is 2.36. The first kappa shape index (κ1) is 13.7. The van der Waals surface area contributed by atoms with E-state index in [2.05, 4.69) is 10.1 Å². The van der Waals surface area contributed by atoms with Crippen LogP contribution < -0.4 is 10.1 Å². The largest absolute Gasteiger partial charge is 0.433 e. The molecule has 0 fully saturated rings. The lowest BCUT2D eigenvalue weighted by molar-refractivity contribution is -0.0493. The highest BCUT2D eigenvalue weighted by Gasteiger charge is 2.12. The topological polar surface area (TPSA) is 45.0 Å². The van der Waals surface area contributed by atoms with Crippen molar-refractivity contribution in [2.45, 2.75) is 6.61 Å². The standard InChI is InChI=1S/C14H9F3N2O/c15-10-4-3-6-11(9(10)8-18)19-12-5-1-2-7-13(12)20-14(16)17/h1-7,14,19H. The number of para-hydroxylation sites is 2. The molecule has 6 heteroatoms. The van der Waals surface area contributed by atoms with E-state index < -0.39 is 12.4 Å². The number of nitrogens with one attached hydrogen (secondary N) is 1. The van der Waals surface area contributed by atoms with Crippen LogP contribution in [0.5, 0.6) is 5.75 Å². The van der Waals surface area contributed by atoms with Gasteiger partial charge in [0.25, 0.3) is 0 Å². The SMILES string of the molecule is N#Cc1c(F)cccc1Nc1ccccc1OC(F)F. The molecule has 0 aliphatic heterocycles. The number of alkyl halides is 2. The first-order valence-electron chi connectivity index (χ1n) is 5.61. The molecule has 0 aliphatic carbocycles. The fraction of sp³-hybridized carbons (Fsp3) is 0.0714. The number of hydrogen-bond donors (Lipinski definition) is 1. The molecule has 20 heavy (non-hydrogen) atoms. The number of halogens is 3. The maximum absolute atomic E-state index is 13.5. The highest BCUT2D eigenvalue weighted by molar-refractivity contribution is 5.70. The second kappa shape index (κ2) is 5.97. The Bertz CT molecular complexity index is 653. The predicted octanol–water partition coefficient (Wildman–Crippen LogP) is 4.04. The zero-order valence-corrected chi connectivity index (χ0v) is 10.1. The third-order valence-corrected chi connectivity index (χ3v) is 2.50. The zero-order chi connectivity index (χ0) is 14.5. The summed E-state index contributed by atoms with van der Waals surface area (Å²) >= 11 is 0. The molecule has 0 heterocycles. The van der Waals surface area contributed by atoms with Gasteiger partial charge in [0.2, 0.25) is 0 Å². The molecule has 102 valence electrons. The highest BCUT2D eigenvalue weighted by atomic mass is 19.3. The minimum absolute atomic E-state index is 0.0874. The molecule has 3 nitrogen and oxygen atoms in total. The summed E-state index contributed by atoms with van der Waals surface area (Å²) < 4.78 is 42.4. The third-order valence-electron chi connectivity index (χ3n) is 2.50. The Morgan fingerprint density at radius 3 is 2.45 bits per heavy atom. The van der Waals surface area contributed by atoms with Gasteiger partial charge in [0.1, 0.15) is 23.2 Å². The van der Waals surface area contributed by atoms with E-state index >= 15 is 0 Å². The minimum Gasteiger partial charge on any atom is -0.433 e. The number of anilines is 2. The molecule has 0 saturated heterocycles. The lowest BCUT2D eigenvalue weighted by Gasteiger charge is -2.13. The summed E-state index contributed by atoms with van der Waals surface area (Å²) in [6, 6.07) is 11.7. The van der Waals surface area contributed by atoms with Crippen LogP contribution in [-0.2, 0) is 0 Å². The Morgan fingerprint density at radius 2 is 1.75 bits per heavy atom. The van der Waals surface area contributed by atoms with Gasteiger partial charge in [0, 0.05) is 0 Å². The van der Waals surface area contributed by atoms with Crippen molar-refractivity contribution in [2.75, 3.05) is 5.32 Å². The highest BCUT2D eigenvalue weighted by Crippen LogP contribution is 2.30. The van der Waals surface area contributed by atoms with Crippen LogP contribution in [0.15, 0.2) is 42.5 Å². The summed E-state index contributed by atoms with van der Waals surface area (Å²) in [7, 11) is 0. The lowest BCUT2D eigenvalue weighted by Crippen LogP contribution is -2.05. The van der Waals surface area contributed by atoms with Crippen molar-refractivity contribution in [3.8, 4) is 11.8 Å². The van der Waals surface area contributed by atoms with Gasteiger partial charge in [-0.05, 0) is 24.3 Å². The predicted molar refractivity (Wildman–Crippen MR) is 67.5 cm³/mol. The summed E-state index contributed by atoms with van der Waals surface area (Å²) in [5, 5.41) is 11.6. The number of rotatable bonds is 4. The smallest absolute Gasteiger partial charge is 0.387 e. The van der Waals surface area contributed by atoms with Crippen molar-refractivity contribution >= 4 is 11.4 Å². The molecule has 0 aromatic heterocycles. The molecule has 0 saturated carbocycles. The van der Waals surface area contributed by atoms with Crippen LogP contribution in [0.1, 0.15) is 5.56 Å². The van der Waals surface area contributed by atoms with Crippen LogP contribution in [0.3, 0.4) is 0 Å². The first-order chi connectivity index (χ1) is 9.61. The lowest BCUT2D eigenvalue weighted by atomic mass is 10.1. The van der Waals surface area contributed by atoms with E-state index in [0.29, 0.717) is 0 Å². The quantitative estimate of drug-likeness (QED) is 0.917. The van der Waals surface area contributed by atoms with Gasteiger partial charge >= 0.3 is 6.61 Å². The van der Waals surface area contributed by atoms with Crippen LogP contribution in [0, 0.1) is 17.1 Å². The van der Waals surface area contributed by atoms with Crippen LogP contribution in [0.25, 0.3) is 0 Å². The van der Waals surface area contributed by atoms with E-state index in [-0.39, 0.29) is 22.7 Å². The van der Waals surface area contributed by atoms with E-state index in [1.54, 1.807) is 12.1 Å². The maximum atomic E-state index is 13.5. The van der Waals surface area contributed by atoms with Crippen molar-refractivity contribution < 1.29 is 17.9 Å². The maximum Gasteiger partial charge on any atom is 0.387 e. The molecule has 0 radical (unpaired) electrons. The Hall–Kier alpha value is -2.68. The van der Waals surface area contributed by atoms with Crippen LogP contribution in [-0.4, -0.2) is 6.61 Å². The average molecular weight is 278 g/mol. The van der Waals surface area contributed by atoms with Crippen molar-refractivity contribution in [1.82, 2.24) is 0 Å². The van der Waals surface area contributed by atoms with E-state index in [0.717, 1.165) is 6.07 Å². The van der Waals surface area contributed by atoms with Gasteiger partial charge in [-0.25, -0.2) is 4.39 Å². The summed E-state index contributed by atoms with van der Waals surface area (Å²) in [5.74, 6) is -0.777. The Morgan fingerprint density at radius 1 is 1.05 bits per heavy atom. The molecule has 2 aromatic carbocycles. The van der Waals surface area contributed by atoms with Crippen LogP contribution in [0.2, 0.25) is 0 Å². The molecule has 0 aliphatic rings. The summed E-state index contributed by atoms with van der Waals surface area (Å²) in [5.41, 5.74) is 0.201. The Kier molecular flexibility index (Phi) is 4.11. The fourth-order valence-corrected chi connectivity index (χ4v) is 1.66. The van der Waals surface area contributed by atoms with Crippen molar-refractivity contribution in [1.29, 1.82) is 5.26 Å². The molecule has 0 atom stereocenters. The number of nitriles is 1. The molecule has 2 aromatic rings. The van der Waals surface area contributed by atoms with Gasteiger partial charge < -0.3 is 10.1 Å². The fourth-order valence-electron chi connectivity index (χ4n) is 1.66. The summed E-state index contributed by atoms with van der Waals surface area (Å²) in [4.78, 5) is 0. The second-order valence-corrected chi connectivity index (χ2v) is 3.77. The molecule has 1 N–H and O–H groups in total. The van der Waals surface area contributed by atoms with Gasteiger partial charge in [0.15, 0.2) is 0 Å². The molecule has 2 rings (SSSR count). The van der Waals surface area contributed by atoms with E-state index in [1.165, 1.54) is 30.3 Å². The third kappa shape index (κ3) is 3.01. The van der Waals surface area contributed by atoms with Gasteiger partial charge in [-0.1, -0.05) is 18.2 Å². The molecule has 0 spiro atoms. The van der Waals surface area contributed by atoms with E-state index in [4.69, 9.17) is 5.26 Å². The number of hydrogen-bond acceptors (Lipinski definition) is 3. The number of nitrogens with zero attached hydrogens (tertiary/aromatic N) is 1. The summed E-state index contributed by atoms with van der Waals surface area (Å²) in [6.07, 6.45) is 0. The van der Waals surface area contributed by atoms with Gasteiger partial charge in [-0.3, -0.25) is 0 Å². The normalized spacial score (nSPS) is 10.2. The van der Waals surface area contributed by atoms with Gasteiger partial charge in [0.05, 0.1) is 11.4 Å². The van der Waals surface area contributed by atoms with Crippen LogP contribution in [0.4, 0.5) is 24.5 Å². The monoisotopic (exact) mass is 278 g/mol. The van der Waals surface area contributed by atoms with Crippen LogP contribution >= 0.6 is 0 Å². The minimum atomic E-state index is -2.97. The van der Waals surface area contributed by atoms with E-state index in [9.17, 15) is 13.2 Å². The zero-order valence-electron chi connectivity index (χ0n) is 10.1. The molecule has 0 bridgehead atoms. The van der Waals surface area contributed by atoms with Crippen molar-refractivity contribution in [3.63, 3.8) is 0 Å². The molecular weight excluding hydrogens is 269 g/mol. The molecular formula is C14H9F3N2O. The molecule has 0 unspecified atom stereocenters.